The molecule has 4 nitrogen and oxygen atoms in total. The summed E-state index contributed by atoms with van der Waals surface area (Å²) in [5.74, 6) is 1.81. The number of hydrogen-bond donors (Lipinski definition) is 0. The largest absolute Gasteiger partial charge is 0.497 e. The molecule has 1 aromatic carbocycles. The third-order valence-electron chi connectivity index (χ3n) is 2.87. The van der Waals surface area contributed by atoms with E-state index in [2.05, 4.69) is 0 Å². The maximum atomic E-state index is 11.5. The summed E-state index contributed by atoms with van der Waals surface area (Å²) >= 11 is 0. The van der Waals surface area contributed by atoms with E-state index in [1.54, 1.807) is 7.11 Å². The molecule has 1 aliphatic rings. The Balaban J connectivity index is 2.13. The summed E-state index contributed by atoms with van der Waals surface area (Å²) < 4.78 is 15.8. The third-order valence-corrected chi connectivity index (χ3v) is 2.87. The fourth-order valence-corrected chi connectivity index (χ4v) is 1.88. The Bertz CT molecular complexity index is 514. The highest BCUT2D eigenvalue weighted by Gasteiger charge is 2.21. The highest BCUT2D eigenvalue weighted by Crippen LogP contribution is 2.28. The van der Waals surface area contributed by atoms with Crippen LogP contribution in [0.5, 0.6) is 5.75 Å². The predicted octanol–water partition coefficient (Wildman–Crippen LogP) is 2.82. The van der Waals surface area contributed by atoms with Crippen molar-refractivity contribution in [2.75, 3.05) is 14.2 Å². The normalized spacial score (nSPS) is 14.7. The van der Waals surface area contributed by atoms with Crippen molar-refractivity contribution in [3.05, 3.63) is 53.5 Å². The Morgan fingerprint density at radius 3 is 2.47 bits per heavy atom. The van der Waals surface area contributed by atoms with Crippen molar-refractivity contribution in [1.29, 1.82) is 0 Å². The van der Waals surface area contributed by atoms with Gasteiger partial charge >= 0.3 is 5.97 Å². The van der Waals surface area contributed by atoms with E-state index in [4.69, 9.17) is 14.2 Å². The fraction of sp³-hybridized carbons (Fsp3) is 0.267. The van der Waals surface area contributed by atoms with Gasteiger partial charge in [-0.1, -0.05) is 24.3 Å². The van der Waals surface area contributed by atoms with Gasteiger partial charge in [-0.05, 0) is 12.1 Å². The number of esters is 1. The van der Waals surface area contributed by atoms with Gasteiger partial charge in [0.1, 0.15) is 17.3 Å². The van der Waals surface area contributed by atoms with Crippen molar-refractivity contribution in [2.45, 2.75) is 12.8 Å². The van der Waals surface area contributed by atoms with Gasteiger partial charge in [-0.15, -0.1) is 0 Å². The summed E-state index contributed by atoms with van der Waals surface area (Å²) in [6.07, 6.45) is 2.72. The molecule has 19 heavy (non-hydrogen) atoms. The number of carbonyl (C=O) groups excluding carboxylic acids is 1. The number of rotatable bonds is 4. The first-order valence-corrected chi connectivity index (χ1v) is 6.01. The molecule has 0 fully saturated rings. The van der Waals surface area contributed by atoms with Crippen LogP contribution in [-0.4, -0.2) is 20.2 Å². The maximum absolute atomic E-state index is 11.5. The lowest BCUT2D eigenvalue weighted by molar-refractivity contribution is -0.136. The van der Waals surface area contributed by atoms with E-state index >= 15 is 0 Å². The van der Waals surface area contributed by atoms with Crippen molar-refractivity contribution in [2.24, 2.45) is 0 Å². The molecule has 0 heterocycles. The van der Waals surface area contributed by atoms with Crippen molar-refractivity contribution < 1.29 is 19.0 Å². The Labute approximate surface area is 112 Å². The zero-order chi connectivity index (χ0) is 13.7. The molecule has 0 N–H and O–H groups in total. The quantitative estimate of drug-likeness (QED) is 0.781. The fourth-order valence-electron chi connectivity index (χ4n) is 1.88. The second kappa shape index (κ2) is 6.09. The van der Waals surface area contributed by atoms with Crippen LogP contribution in [0, 0.1) is 0 Å². The number of methoxy groups -OCH3 is 2. The number of benzene rings is 1. The highest BCUT2D eigenvalue weighted by molar-refractivity contribution is 5.89. The van der Waals surface area contributed by atoms with Gasteiger partial charge in [-0.3, -0.25) is 0 Å². The third kappa shape index (κ3) is 3.16. The average molecular weight is 260 g/mol. The smallest absolute Gasteiger partial charge is 0.333 e. The van der Waals surface area contributed by atoms with Gasteiger partial charge in [-0.25, -0.2) is 4.79 Å². The van der Waals surface area contributed by atoms with Gasteiger partial charge in [0.15, 0.2) is 0 Å². The van der Waals surface area contributed by atoms with Crippen LogP contribution in [0.1, 0.15) is 12.8 Å². The second-order valence-electron chi connectivity index (χ2n) is 4.07. The molecule has 0 saturated carbocycles. The van der Waals surface area contributed by atoms with Gasteiger partial charge in [0.05, 0.1) is 14.2 Å². The standard InChI is InChI=1S/C15H16O4/c1-17-14-10-11(15(16)18-2)8-9-13(14)19-12-6-4-3-5-7-12/h3-8H,9-10H2,1-2H3. The summed E-state index contributed by atoms with van der Waals surface area (Å²) in [5.41, 5.74) is 0.597. The summed E-state index contributed by atoms with van der Waals surface area (Å²) in [6, 6.07) is 9.48. The monoisotopic (exact) mass is 260 g/mol. The Morgan fingerprint density at radius 2 is 1.84 bits per heavy atom. The molecule has 100 valence electrons. The van der Waals surface area contributed by atoms with Gasteiger partial charge in [0.2, 0.25) is 0 Å². The molecule has 0 bridgehead atoms. The molecule has 0 aromatic heterocycles. The van der Waals surface area contributed by atoms with Crippen molar-refractivity contribution in [3.8, 4) is 5.75 Å². The predicted molar refractivity (Wildman–Crippen MR) is 70.4 cm³/mol. The lowest BCUT2D eigenvalue weighted by Crippen LogP contribution is -2.13. The zero-order valence-corrected chi connectivity index (χ0v) is 11.0. The number of allylic oxidation sites excluding steroid dienone is 2. The molecule has 1 aromatic rings. The van der Waals surface area contributed by atoms with E-state index < -0.39 is 0 Å². The van der Waals surface area contributed by atoms with Crippen LogP contribution in [0.15, 0.2) is 53.5 Å². The maximum Gasteiger partial charge on any atom is 0.333 e. The first kappa shape index (κ1) is 13.2. The summed E-state index contributed by atoms with van der Waals surface area (Å²) in [6.45, 7) is 0. The van der Waals surface area contributed by atoms with Crippen molar-refractivity contribution in [3.63, 3.8) is 0 Å². The molecule has 4 heteroatoms. The van der Waals surface area contributed by atoms with Gasteiger partial charge < -0.3 is 14.2 Å². The Morgan fingerprint density at radius 1 is 1.11 bits per heavy atom. The topological polar surface area (TPSA) is 44.8 Å². The minimum atomic E-state index is -0.326. The van der Waals surface area contributed by atoms with Crippen LogP contribution in [-0.2, 0) is 14.3 Å². The van der Waals surface area contributed by atoms with E-state index in [0.29, 0.717) is 24.2 Å². The minimum Gasteiger partial charge on any atom is -0.497 e. The van der Waals surface area contributed by atoms with E-state index in [0.717, 1.165) is 11.5 Å². The van der Waals surface area contributed by atoms with Gasteiger partial charge in [0.25, 0.3) is 0 Å². The molecule has 1 aliphatic carbocycles. The molecule has 2 rings (SSSR count). The number of ether oxygens (including phenoxy) is 3. The SMILES string of the molecule is COC(=O)C1=CCC(Oc2ccccc2)=C(OC)C1. The first-order valence-electron chi connectivity index (χ1n) is 6.01. The van der Waals surface area contributed by atoms with Gasteiger partial charge in [0, 0.05) is 18.4 Å². The second-order valence-corrected chi connectivity index (χ2v) is 4.07. The van der Waals surface area contributed by atoms with Crippen LogP contribution in [0.3, 0.4) is 0 Å². The number of hydrogen-bond acceptors (Lipinski definition) is 4. The summed E-state index contributed by atoms with van der Waals surface area (Å²) in [7, 11) is 2.94. The van der Waals surface area contributed by atoms with Gasteiger partial charge in [-0.2, -0.15) is 0 Å². The van der Waals surface area contributed by atoms with E-state index in [1.165, 1.54) is 7.11 Å². The zero-order valence-electron chi connectivity index (χ0n) is 11.0. The minimum absolute atomic E-state index is 0.326. The molecule has 0 radical (unpaired) electrons. The van der Waals surface area contributed by atoms with E-state index in [9.17, 15) is 4.79 Å². The van der Waals surface area contributed by atoms with Crippen LogP contribution in [0.25, 0.3) is 0 Å². The van der Waals surface area contributed by atoms with Crippen LogP contribution < -0.4 is 4.74 Å². The molecule has 0 amide bonds. The molecule has 0 unspecified atom stereocenters. The first-order chi connectivity index (χ1) is 9.24. The number of para-hydroxylation sites is 1. The lowest BCUT2D eigenvalue weighted by atomic mass is 10.0. The van der Waals surface area contributed by atoms with Crippen LogP contribution >= 0.6 is 0 Å². The van der Waals surface area contributed by atoms with Crippen molar-refractivity contribution in [1.82, 2.24) is 0 Å². The summed E-state index contributed by atoms with van der Waals surface area (Å²) in [5, 5.41) is 0. The molecular weight excluding hydrogens is 244 g/mol. The van der Waals surface area contributed by atoms with Crippen molar-refractivity contribution >= 4 is 5.97 Å². The van der Waals surface area contributed by atoms with E-state index in [1.807, 2.05) is 36.4 Å². The van der Waals surface area contributed by atoms with E-state index in [-0.39, 0.29) is 5.97 Å². The lowest BCUT2D eigenvalue weighted by Gasteiger charge is -2.19. The average Bonchev–Trinajstić information content (AvgIpc) is 2.48. The molecule has 0 atom stereocenters. The van der Waals surface area contributed by atoms with Crippen LogP contribution in [0.4, 0.5) is 0 Å². The highest BCUT2D eigenvalue weighted by atomic mass is 16.5. The Kier molecular flexibility index (Phi) is 4.23. The number of carbonyl (C=O) groups is 1. The molecule has 0 spiro atoms. The van der Waals surface area contributed by atoms with Crippen LogP contribution in [0.2, 0.25) is 0 Å². The molecular formula is C15H16O4. The Hall–Kier alpha value is -2.23. The summed E-state index contributed by atoms with van der Waals surface area (Å²) in [4.78, 5) is 11.5. The molecule has 0 aliphatic heterocycles. The molecule has 0 saturated heterocycles.